The van der Waals surface area contributed by atoms with E-state index in [4.69, 9.17) is 0 Å². The molecule has 0 N–H and O–H groups in total. The fourth-order valence-corrected chi connectivity index (χ4v) is 3.75. The smallest absolute Gasteiger partial charge is 0.226 e. The summed E-state index contributed by atoms with van der Waals surface area (Å²) in [5.41, 5.74) is 1.31. The highest BCUT2D eigenvalue weighted by Crippen LogP contribution is 2.55. The minimum absolute atomic E-state index is 0.210. The number of nitrogens with zero attached hydrogens (tertiary/aromatic N) is 1. The SMILES string of the molecule is CC1C(C(=O)N2CCCC2C)C1c1ccc(Br)cc1. The zero-order chi connectivity index (χ0) is 13.6. The molecule has 2 fully saturated rings. The van der Waals surface area contributed by atoms with Crippen LogP contribution in [0.4, 0.5) is 0 Å². The second-order valence-corrected chi connectivity index (χ2v) is 6.90. The third-order valence-corrected chi connectivity index (χ3v) is 5.28. The van der Waals surface area contributed by atoms with Crippen LogP contribution in [0.1, 0.15) is 38.2 Å². The van der Waals surface area contributed by atoms with Crippen molar-refractivity contribution in [3.05, 3.63) is 34.3 Å². The van der Waals surface area contributed by atoms with Crippen molar-refractivity contribution in [3.63, 3.8) is 0 Å². The molecular weight excluding hydrogens is 302 g/mol. The zero-order valence-corrected chi connectivity index (χ0v) is 13.1. The maximum absolute atomic E-state index is 12.6. The van der Waals surface area contributed by atoms with Gasteiger partial charge in [0.05, 0.1) is 0 Å². The molecule has 1 aliphatic carbocycles. The Kier molecular flexibility index (Phi) is 3.42. The van der Waals surface area contributed by atoms with Crippen LogP contribution >= 0.6 is 15.9 Å². The summed E-state index contributed by atoms with van der Waals surface area (Å²) in [4.78, 5) is 14.7. The number of carbonyl (C=O) groups is 1. The fourth-order valence-electron chi connectivity index (χ4n) is 3.49. The van der Waals surface area contributed by atoms with Gasteiger partial charge in [0.15, 0.2) is 0 Å². The molecule has 1 heterocycles. The van der Waals surface area contributed by atoms with Crippen molar-refractivity contribution in [2.45, 2.75) is 38.6 Å². The molecule has 1 saturated carbocycles. The Balaban J connectivity index is 1.73. The number of rotatable bonds is 2. The van der Waals surface area contributed by atoms with E-state index in [9.17, 15) is 4.79 Å². The zero-order valence-electron chi connectivity index (χ0n) is 11.5. The first-order valence-corrected chi connectivity index (χ1v) is 7.95. The lowest BCUT2D eigenvalue weighted by atomic mass is 10.1. The number of carbonyl (C=O) groups excluding carboxylic acids is 1. The molecule has 0 aromatic heterocycles. The lowest BCUT2D eigenvalue weighted by molar-refractivity contribution is -0.133. The van der Waals surface area contributed by atoms with Gasteiger partial charge in [0, 0.05) is 23.0 Å². The molecule has 2 nitrogen and oxygen atoms in total. The van der Waals surface area contributed by atoms with Crippen LogP contribution in [-0.2, 0) is 4.79 Å². The van der Waals surface area contributed by atoms with Crippen LogP contribution in [0.15, 0.2) is 28.7 Å². The van der Waals surface area contributed by atoms with E-state index in [1.807, 2.05) is 0 Å². The van der Waals surface area contributed by atoms with Crippen LogP contribution in [-0.4, -0.2) is 23.4 Å². The highest BCUT2D eigenvalue weighted by Gasteiger charge is 2.54. The summed E-state index contributed by atoms with van der Waals surface area (Å²) in [5.74, 6) is 1.50. The molecule has 1 saturated heterocycles. The van der Waals surface area contributed by atoms with Gasteiger partial charge in [-0.2, -0.15) is 0 Å². The molecule has 3 rings (SSSR count). The first kappa shape index (κ1) is 13.2. The number of hydrogen-bond acceptors (Lipinski definition) is 1. The third-order valence-electron chi connectivity index (χ3n) is 4.76. The van der Waals surface area contributed by atoms with Gasteiger partial charge in [-0.25, -0.2) is 0 Å². The van der Waals surface area contributed by atoms with E-state index in [0.29, 0.717) is 23.8 Å². The summed E-state index contributed by atoms with van der Waals surface area (Å²) in [6.07, 6.45) is 2.33. The number of amides is 1. The van der Waals surface area contributed by atoms with Gasteiger partial charge in [-0.05, 0) is 49.3 Å². The molecule has 1 aromatic rings. The molecular formula is C16H20BrNO. The molecule has 1 aromatic carbocycles. The van der Waals surface area contributed by atoms with Crippen molar-refractivity contribution >= 4 is 21.8 Å². The summed E-state index contributed by atoms with van der Waals surface area (Å²) in [6.45, 7) is 5.33. The Morgan fingerprint density at radius 2 is 1.95 bits per heavy atom. The van der Waals surface area contributed by atoms with Crippen LogP contribution < -0.4 is 0 Å². The van der Waals surface area contributed by atoms with E-state index >= 15 is 0 Å². The summed E-state index contributed by atoms with van der Waals surface area (Å²) < 4.78 is 1.10. The van der Waals surface area contributed by atoms with Gasteiger partial charge in [0.1, 0.15) is 0 Å². The van der Waals surface area contributed by atoms with Crippen molar-refractivity contribution in [3.8, 4) is 0 Å². The van der Waals surface area contributed by atoms with Gasteiger partial charge in [-0.15, -0.1) is 0 Å². The number of benzene rings is 1. The second-order valence-electron chi connectivity index (χ2n) is 5.99. The van der Waals surface area contributed by atoms with Gasteiger partial charge >= 0.3 is 0 Å². The average Bonchev–Trinajstić information content (AvgIpc) is 2.86. The molecule has 4 unspecified atom stereocenters. The monoisotopic (exact) mass is 321 g/mol. The summed E-state index contributed by atoms with van der Waals surface area (Å²) in [7, 11) is 0. The Morgan fingerprint density at radius 3 is 2.53 bits per heavy atom. The minimum Gasteiger partial charge on any atom is -0.340 e. The molecule has 4 atom stereocenters. The van der Waals surface area contributed by atoms with Gasteiger partial charge in [-0.3, -0.25) is 4.79 Å². The second kappa shape index (κ2) is 4.93. The summed E-state index contributed by atoms with van der Waals surface area (Å²) >= 11 is 3.46. The molecule has 0 radical (unpaired) electrons. The predicted octanol–water partition coefficient (Wildman–Crippen LogP) is 3.81. The maximum atomic E-state index is 12.6. The van der Waals surface area contributed by atoms with Crippen molar-refractivity contribution < 1.29 is 4.79 Å². The predicted molar refractivity (Wildman–Crippen MR) is 79.9 cm³/mol. The minimum atomic E-state index is 0.210. The van der Waals surface area contributed by atoms with E-state index < -0.39 is 0 Å². The highest BCUT2D eigenvalue weighted by atomic mass is 79.9. The topological polar surface area (TPSA) is 20.3 Å². The van der Waals surface area contributed by atoms with E-state index in [2.05, 4.69) is 58.9 Å². The van der Waals surface area contributed by atoms with Crippen LogP contribution in [0, 0.1) is 11.8 Å². The number of likely N-dealkylation sites (tertiary alicyclic amines) is 1. The Hall–Kier alpha value is -0.830. The summed E-state index contributed by atoms with van der Waals surface area (Å²) in [6, 6.07) is 8.87. The quantitative estimate of drug-likeness (QED) is 0.811. The molecule has 102 valence electrons. The molecule has 1 aliphatic heterocycles. The van der Waals surface area contributed by atoms with Crippen molar-refractivity contribution in [2.24, 2.45) is 11.8 Å². The van der Waals surface area contributed by atoms with Gasteiger partial charge in [0.25, 0.3) is 0 Å². The van der Waals surface area contributed by atoms with Crippen LogP contribution in [0.5, 0.6) is 0 Å². The molecule has 2 aliphatic rings. The maximum Gasteiger partial charge on any atom is 0.226 e. The normalized spacial score (nSPS) is 33.5. The fraction of sp³-hybridized carbons (Fsp3) is 0.562. The molecule has 3 heteroatoms. The average molecular weight is 322 g/mol. The molecule has 0 spiro atoms. The van der Waals surface area contributed by atoms with E-state index in [1.54, 1.807) is 0 Å². The highest BCUT2D eigenvalue weighted by molar-refractivity contribution is 9.10. The largest absolute Gasteiger partial charge is 0.340 e. The van der Waals surface area contributed by atoms with Crippen LogP contribution in [0.3, 0.4) is 0 Å². The van der Waals surface area contributed by atoms with Crippen LogP contribution in [0.25, 0.3) is 0 Å². The third kappa shape index (κ3) is 2.33. The van der Waals surface area contributed by atoms with Crippen molar-refractivity contribution in [2.75, 3.05) is 6.54 Å². The Bertz CT molecular complexity index is 484. The van der Waals surface area contributed by atoms with Gasteiger partial charge < -0.3 is 4.90 Å². The van der Waals surface area contributed by atoms with E-state index in [0.717, 1.165) is 23.9 Å². The van der Waals surface area contributed by atoms with Crippen molar-refractivity contribution in [1.82, 2.24) is 4.90 Å². The van der Waals surface area contributed by atoms with Crippen molar-refractivity contribution in [1.29, 1.82) is 0 Å². The van der Waals surface area contributed by atoms with E-state index in [1.165, 1.54) is 5.56 Å². The molecule has 0 bridgehead atoms. The first-order chi connectivity index (χ1) is 9.09. The Morgan fingerprint density at radius 1 is 1.26 bits per heavy atom. The van der Waals surface area contributed by atoms with Crippen LogP contribution in [0.2, 0.25) is 0 Å². The number of hydrogen-bond donors (Lipinski definition) is 0. The lowest BCUT2D eigenvalue weighted by Gasteiger charge is -2.21. The van der Waals surface area contributed by atoms with E-state index in [-0.39, 0.29) is 5.92 Å². The summed E-state index contributed by atoms with van der Waals surface area (Å²) in [5, 5.41) is 0. The number of halogens is 1. The Labute approximate surface area is 123 Å². The van der Waals surface area contributed by atoms with Gasteiger partial charge in [0.2, 0.25) is 5.91 Å². The standard InChI is InChI=1S/C16H20BrNO/c1-10-4-3-9-18(10)16(19)15-11(2)14(15)12-5-7-13(17)8-6-12/h5-8,10-11,14-15H,3-4,9H2,1-2H3. The first-order valence-electron chi connectivity index (χ1n) is 7.15. The molecule has 19 heavy (non-hydrogen) atoms. The lowest BCUT2D eigenvalue weighted by Crippen LogP contribution is -2.35. The van der Waals surface area contributed by atoms with Gasteiger partial charge in [-0.1, -0.05) is 35.0 Å². The molecule has 1 amide bonds.